The van der Waals surface area contributed by atoms with Crippen molar-refractivity contribution in [1.82, 2.24) is 15.0 Å². The molecule has 13 nitrogen and oxygen atoms in total. The van der Waals surface area contributed by atoms with Crippen molar-refractivity contribution >= 4 is 18.3 Å². The number of hydrogen-bond donors (Lipinski definition) is 1. The SMILES string of the molecule is CCO/C=N/Nc1nc([C-]([N+](=O)[O-])[N+](=O)[O-])nc(N(C)C)n1.[K+]. The summed E-state index contributed by atoms with van der Waals surface area (Å²) in [7, 11) is 3.12. The number of nitrogens with zero attached hydrogens (tertiary/aromatic N) is 7. The first-order valence-electron chi connectivity index (χ1n) is 5.85. The van der Waals surface area contributed by atoms with Gasteiger partial charge < -0.3 is 9.64 Å². The molecule has 120 valence electrons. The molecule has 0 spiro atoms. The molecule has 1 N–H and O–H groups in total. The summed E-state index contributed by atoms with van der Waals surface area (Å²) in [4.78, 5) is 31.8. The van der Waals surface area contributed by atoms with Crippen LogP contribution in [0.2, 0.25) is 0 Å². The van der Waals surface area contributed by atoms with E-state index in [9.17, 15) is 20.2 Å². The molecule has 0 atom stereocenters. The molecule has 0 aliphatic heterocycles. The maximum absolute atomic E-state index is 10.8. The number of ether oxygens (including phenoxy) is 1. The zero-order valence-electron chi connectivity index (χ0n) is 13.0. The van der Waals surface area contributed by atoms with Crippen LogP contribution >= 0.6 is 0 Å². The number of hydrogen-bond acceptors (Lipinski definition) is 11. The standard InChI is InChI=1S/C9H13N8O5.K/c1-4-22-5-10-14-8-11-6(7(16(18)19)17(20)21)12-9(13-8)15(2)3;/h5H,4H2,1-3H3,(H,11,12,13,14);/q-1;+1/b10-5+;. The summed E-state index contributed by atoms with van der Waals surface area (Å²) >= 11 is 0. The number of aromatic nitrogens is 3. The predicted molar refractivity (Wildman–Crippen MR) is 74.2 cm³/mol. The summed E-state index contributed by atoms with van der Waals surface area (Å²) in [6, 6.07) is 0. The average molecular weight is 352 g/mol. The fourth-order valence-electron chi connectivity index (χ4n) is 1.14. The molecule has 14 heteroatoms. The zero-order valence-corrected chi connectivity index (χ0v) is 16.1. The van der Waals surface area contributed by atoms with E-state index in [0.29, 0.717) is 6.61 Å². The maximum Gasteiger partial charge on any atom is 1.00 e. The summed E-state index contributed by atoms with van der Waals surface area (Å²) in [5.74, 6) is -0.908. The van der Waals surface area contributed by atoms with E-state index in [4.69, 9.17) is 4.74 Å². The summed E-state index contributed by atoms with van der Waals surface area (Å²) < 4.78 is 4.83. The molecule has 0 unspecified atom stereocenters. The molecular formula is C9H13KN8O5. The average Bonchev–Trinajstić information content (AvgIpc) is 2.42. The number of rotatable bonds is 8. The van der Waals surface area contributed by atoms with Crippen molar-refractivity contribution in [2.24, 2.45) is 5.10 Å². The van der Waals surface area contributed by atoms with Crippen LogP contribution in [0.1, 0.15) is 12.7 Å². The largest absolute Gasteiger partial charge is 1.00 e. The van der Waals surface area contributed by atoms with Gasteiger partial charge in [-0.15, -0.1) is 5.10 Å². The molecule has 0 aromatic carbocycles. The Morgan fingerprint density at radius 3 is 2.39 bits per heavy atom. The molecule has 0 fully saturated rings. The van der Waals surface area contributed by atoms with Crippen LogP contribution < -0.4 is 61.7 Å². The van der Waals surface area contributed by atoms with Gasteiger partial charge in [0.1, 0.15) is 5.82 Å². The Kier molecular flexibility index (Phi) is 9.50. The van der Waals surface area contributed by atoms with Crippen LogP contribution in [0.4, 0.5) is 11.9 Å². The monoisotopic (exact) mass is 352 g/mol. The third-order valence-corrected chi connectivity index (χ3v) is 2.03. The van der Waals surface area contributed by atoms with Gasteiger partial charge in [0.05, 0.1) is 6.61 Å². The van der Waals surface area contributed by atoms with Gasteiger partial charge in [0.15, 0.2) is 6.40 Å². The first-order chi connectivity index (χ1) is 10.4. The summed E-state index contributed by atoms with van der Waals surface area (Å²) in [6.07, 6.45) is -0.285. The minimum absolute atomic E-state index is 0. The van der Waals surface area contributed by atoms with Gasteiger partial charge in [-0.1, -0.05) is 0 Å². The van der Waals surface area contributed by atoms with Crippen LogP contribution in [-0.2, 0) is 4.74 Å². The first-order valence-corrected chi connectivity index (χ1v) is 5.85. The number of nitro groups is 2. The van der Waals surface area contributed by atoms with Gasteiger partial charge in [-0.25, -0.2) is 15.4 Å². The van der Waals surface area contributed by atoms with E-state index in [-0.39, 0.29) is 63.3 Å². The van der Waals surface area contributed by atoms with Crippen LogP contribution in [0.15, 0.2) is 5.10 Å². The van der Waals surface area contributed by atoms with Gasteiger partial charge in [-0.2, -0.15) is 4.98 Å². The van der Waals surface area contributed by atoms with E-state index in [1.54, 1.807) is 21.0 Å². The fourth-order valence-corrected chi connectivity index (χ4v) is 1.14. The van der Waals surface area contributed by atoms with Crippen LogP contribution in [0.3, 0.4) is 0 Å². The van der Waals surface area contributed by atoms with Crippen molar-refractivity contribution in [3.05, 3.63) is 32.2 Å². The molecule has 0 bridgehead atoms. The third kappa shape index (κ3) is 6.57. The molecule has 1 rings (SSSR count). The summed E-state index contributed by atoms with van der Waals surface area (Å²) in [5, 5.41) is 25.2. The quantitative estimate of drug-likeness (QED) is 0.125. The number of nitrogens with one attached hydrogen (secondary N) is 1. The van der Waals surface area contributed by atoms with E-state index in [2.05, 4.69) is 25.5 Å². The normalized spacial score (nSPS) is 9.87. The Bertz CT molecular complexity index is 569. The van der Waals surface area contributed by atoms with Crippen molar-refractivity contribution in [1.29, 1.82) is 0 Å². The topological polar surface area (TPSA) is 162 Å². The van der Waals surface area contributed by atoms with Crippen molar-refractivity contribution in [2.75, 3.05) is 31.0 Å². The molecule has 0 aliphatic carbocycles. The molecule has 23 heavy (non-hydrogen) atoms. The number of hydrazone groups is 1. The zero-order chi connectivity index (χ0) is 16.7. The Morgan fingerprint density at radius 2 is 1.91 bits per heavy atom. The Labute approximate surface area is 173 Å². The summed E-state index contributed by atoms with van der Waals surface area (Å²) in [6.45, 7) is 2.13. The van der Waals surface area contributed by atoms with Gasteiger partial charge in [0, 0.05) is 14.1 Å². The molecule has 1 aromatic rings. The Balaban J connectivity index is 0.00000484. The third-order valence-electron chi connectivity index (χ3n) is 2.03. The fraction of sp³-hybridized carbons (Fsp3) is 0.444. The van der Waals surface area contributed by atoms with Gasteiger partial charge in [0.2, 0.25) is 11.9 Å². The van der Waals surface area contributed by atoms with Gasteiger partial charge in [-0.3, -0.25) is 20.2 Å². The molecule has 0 amide bonds. The molecule has 0 aliphatic rings. The van der Waals surface area contributed by atoms with Crippen LogP contribution in [0, 0.1) is 26.4 Å². The first kappa shape index (κ1) is 21.4. The van der Waals surface area contributed by atoms with Gasteiger partial charge in [-0.05, 0) is 16.8 Å². The predicted octanol–water partition coefficient (Wildman–Crippen LogP) is -3.28. The van der Waals surface area contributed by atoms with E-state index >= 15 is 0 Å². The van der Waals surface area contributed by atoms with Crippen LogP contribution in [-0.4, -0.2) is 51.9 Å². The second-order valence-corrected chi connectivity index (χ2v) is 3.82. The van der Waals surface area contributed by atoms with Gasteiger partial charge >= 0.3 is 57.6 Å². The molecular weight excluding hydrogens is 339 g/mol. The van der Waals surface area contributed by atoms with Crippen molar-refractivity contribution in [2.45, 2.75) is 6.92 Å². The van der Waals surface area contributed by atoms with E-state index in [1.165, 1.54) is 4.90 Å². The minimum Gasteiger partial charge on any atom is -0.482 e. The summed E-state index contributed by atoms with van der Waals surface area (Å²) in [5.41, 5.74) is 2.34. The Morgan fingerprint density at radius 1 is 1.30 bits per heavy atom. The minimum atomic E-state index is -1.36. The van der Waals surface area contributed by atoms with Crippen molar-refractivity contribution < 1.29 is 66.0 Å². The Hall–Kier alpha value is -1.61. The van der Waals surface area contributed by atoms with Crippen molar-refractivity contribution in [3.8, 4) is 0 Å². The van der Waals surface area contributed by atoms with Crippen molar-refractivity contribution in [3.63, 3.8) is 0 Å². The molecule has 1 aromatic heterocycles. The van der Waals surface area contributed by atoms with Gasteiger partial charge in [0.25, 0.3) is 0 Å². The second-order valence-electron chi connectivity index (χ2n) is 3.82. The molecule has 1 heterocycles. The molecule has 0 saturated heterocycles. The maximum atomic E-state index is 10.8. The van der Waals surface area contributed by atoms with Crippen LogP contribution in [0.5, 0.6) is 0 Å². The van der Waals surface area contributed by atoms with Crippen LogP contribution in [0.25, 0.3) is 0 Å². The molecule has 0 radical (unpaired) electrons. The second kappa shape index (κ2) is 10.2. The van der Waals surface area contributed by atoms with E-state index in [0.717, 1.165) is 6.40 Å². The number of anilines is 2. The smallest absolute Gasteiger partial charge is 0.482 e. The van der Waals surface area contributed by atoms with E-state index in [1.807, 2.05) is 0 Å². The van der Waals surface area contributed by atoms with E-state index < -0.39 is 21.8 Å². The molecule has 0 saturated carbocycles.